The van der Waals surface area contributed by atoms with Crippen molar-refractivity contribution in [3.8, 4) is 11.5 Å². The van der Waals surface area contributed by atoms with Gasteiger partial charge in [0.2, 0.25) is 0 Å². The molecule has 0 heterocycles. The Morgan fingerprint density at radius 2 is 1.79 bits per heavy atom. The highest BCUT2D eigenvalue weighted by molar-refractivity contribution is 6.00. The molecule has 0 aliphatic rings. The van der Waals surface area contributed by atoms with E-state index >= 15 is 0 Å². The van der Waals surface area contributed by atoms with E-state index in [0.29, 0.717) is 22.7 Å². The Hall–Kier alpha value is -1.91. The maximum Gasteiger partial charge on any atom is 0.253 e. The number of hydrogen-bond donors (Lipinski definition) is 2. The zero-order chi connectivity index (χ0) is 14.6. The molecule has 19 heavy (non-hydrogen) atoms. The number of ether oxygens (including phenoxy) is 2. The van der Waals surface area contributed by atoms with Crippen LogP contribution in [0.25, 0.3) is 0 Å². The lowest BCUT2D eigenvalue weighted by atomic mass is 10.0. The summed E-state index contributed by atoms with van der Waals surface area (Å²) in [5, 5.41) is 2.94. The van der Waals surface area contributed by atoms with Crippen LogP contribution >= 0.6 is 0 Å². The van der Waals surface area contributed by atoms with E-state index in [2.05, 4.69) is 5.32 Å². The molecule has 106 valence electrons. The highest BCUT2D eigenvalue weighted by Crippen LogP contribution is 2.32. The predicted octanol–water partition coefficient (Wildman–Crippen LogP) is 2.20. The smallest absolute Gasteiger partial charge is 0.253 e. The lowest BCUT2D eigenvalue weighted by molar-refractivity contribution is 0.0912. The summed E-state index contributed by atoms with van der Waals surface area (Å²) in [6.07, 6.45) is 0.825. The number of carbonyl (C=O) groups excluding carboxylic acids is 1. The van der Waals surface area contributed by atoms with Crippen LogP contribution < -0.4 is 20.5 Å². The zero-order valence-corrected chi connectivity index (χ0v) is 12.2. The fourth-order valence-corrected chi connectivity index (χ4v) is 1.55. The Morgan fingerprint density at radius 1 is 1.26 bits per heavy atom. The van der Waals surface area contributed by atoms with Crippen LogP contribution in [-0.4, -0.2) is 25.7 Å². The Balaban J connectivity index is 3.10. The van der Waals surface area contributed by atoms with Gasteiger partial charge in [0.05, 0.1) is 19.8 Å². The summed E-state index contributed by atoms with van der Waals surface area (Å²) in [6.45, 7) is 5.93. The SMILES string of the molecule is CCC(C)(C)NC(=O)c1cc(OC)c(OC)cc1N. The summed E-state index contributed by atoms with van der Waals surface area (Å²) in [5.74, 6) is 0.771. The molecule has 5 heteroatoms. The van der Waals surface area contributed by atoms with Crippen molar-refractivity contribution in [2.45, 2.75) is 32.7 Å². The van der Waals surface area contributed by atoms with Crippen LogP contribution in [0.4, 0.5) is 5.69 Å². The van der Waals surface area contributed by atoms with Crippen LogP contribution in [0.15, 0.2) is 12.1 Å². The van der Waals surface area contributed by atoms with E-state index in [1.165, 1.54) is 14.2 Å². The molecule has 0 aromatic heterocycles. The van der Waals surface area contributed by atoms with E-state index in [1.807, 2.05) is 20.8 Å². The Bertz CT molecular complexity index is 470. The number of benzene rings is 1. The van der Waals surface area contributed by atoms with Gasteiger partial charge in [0, 0.05) is 17.3 Å². The number of carbonyl (C=O) groups is 1. The highest BCUT2D eigenvalue weighted by atomic mass is 16.5. The van der Waals surface area contributed by atoms with Gasteiger partial charge in [-0.05, 0) is 26.3 Å². The number of nitrogen functional groups attached to an aromatic ring is 1. The van der Waals surface area contributed by atoms with Gasteiger partial charge in [0.25, 0.3) is 5.91 Å². The minimum absolute atomic E-state index is 0.217. The summed E-state index contributed by atoms with van der Waals surface area (Å²) >= 11 is 0. The van der Waals surface area contributed by atoms with Gasteiger partial charge >= 0.3 is 0 Å². The Labute approximate surface area is 114 Å². The quantitative estimate of drug-likeness (QED) is 0.801. The van der Waals surface area contributed by atoms with Gasteiger partial charge in [0.1, 0.15) is 0 Å². The average molecular weight is 266 g/mol. The lowest BCUT2D eigenvalue weighted by Gasteiger charge is -2.25. The van der Waals surface area contributed by atoms with Gasteiger partial charge in [0.15, 0.2) is 11.5 Å². The minimum atomic E-state index is -0.281. The second-order valence-electron chi connectivity index (χ2n) is 4.99. The lowest BCUT2D eigenvalue weighted by Crippen LogP contribution is -2.43. The van der Waals surface area contributed by atoms with Crippen molar-refractivity contribution in [3.63, 3.8) is 0 Å². The molecule has 0 spiro atoms. The van der Waals surface area contributed by atoms with Crippen LogP contribution in [0.3, 0.4) is 0 Å². The third-order valence-electron chi connectivity index (χ3n) is 3.14. The van der Waals surface area contributed by atoms with Gasteiger partial charge < -0.3 is 20.5 Å². The summed E-state index contributed by atoms with van der Waals surface area (Å²) in [5.41, 5.74) is 6.36. The molecule has 0 fully saturated rings. The van der Waals surface area contributed by atoms with E-state index in [-0.39, 0.29) is 11.4 Å². The number of nitrogens with two attached hydrogens (primary N) is 1. The molecular weight excluding hydrogens is 244 g/mol. The van der Waals surface area contributed by atoms with Crippen LogP contribution in [0.2, 0.25) is 0 Å². The van der Waals surface area contributed by atoms with Crippen LogP contribution in [0.1, 0.15) is 37.6 Å². The first-order chi connectivity index (χ1) is 8.84. The van der Waals surface area contributed by atoms with Gasteiger partial charge in [-0.2, -0.15) is 0 Å². The molecule has 1 rings (SSSR count). The second kappa shape index (κ2) is 5.82. The fourth-order valence-electron chi connectivity index (χ4n) is 1.55. The molecule has 1 aromatic rings. The Morgan fingerprint density at radius 3 is 2.26 bits per heavy atom. The summed E-state index contributed by atoms with van der Waals surface area (Å²) in [7, 11) is 3.04. The first-order valence-corrected chi connectivity index (χ1v) is 6.18. The zero-order valence-electron chi connectivity index (χ0n) is 12.2. The van der Waals surface area contributed by atoms with E-state index in [9.17, 15) is 4.79 Å². The number of rotatable bonds is 5. The maximum absolute atomic E-state index is 12.2. The summed E-state index contributed by atoms with van der Waals surface area (Å²) < 4.78 is 10.3. The first-order valence-electron chi connectivity index (χ1n) is 6.18. The minimum Gasteiger partial charge on any atom is -0.493 e. The number of anilines is 1. The van der Waals surface area contributed by atoms with E-state index in [0.717, 1.165) is 6.42 Å². The first kappa shape index (κ1) is 15.1. The normalized spacial score (nSPS) is 11.0. The maximum atomic E-state index is 12.2. The van der Waals surface area contributed by atoms with Gasteiger partial charge in [-0.25, -0.2) is 0 Å². The van der Waals surface area contributed by atoms with E-state index in [1.54, 1.807) is 12.1 Å². The number of methoxy groups -OCH3 is 2. The molecule has 0 aliphatic carbocycles. The van der Waals surface area contributed by atoms with E-state index < -0.39 is 0 Å². The number of amides is 1. The van der Waals surface area contributed by atoms with E-state index in [4.69, 9.17) is 15.2 Å². The molecule has 1 aromatic carbocycles. The van der Waals surface area contributed by atoms with Crippen molar-refractivity contribution in [2.75, 3.05) is 20.0 Å². The third kappa shape index (κ3) is 3.53. The molecule has 0 saturated heterocycles. The molecule has 0 atom stereocenters. The molecule has 5 nitrogen and oxygen atoms in total. The summed E-state index contributed by atoms with van der Waals surface area (Å²) in [4.78, 5) is 12.2. The fraction of sp³-hybridized carbons (Fsp3) is 0.500. The van der Waals surface area contributed by atoms with Gasteiger partial charge in [-0.1, -0.05) is 6.92 Å². The average Bonchev–Trinajstić information content (AvgIpc) is 2.37. The van der Waals surface area contributed by atoms with Crippen LogP contribution in [0.5, 0.6) is 11.5 Å². The van der Waals surface area contributed by atoms with Crippen molar-refractivity contribution < 1.29 is 14.3 Å². The standard InChI is InChI=1S/C14H22N2O3/c1-6-14(2,3)16-13(17)9-7-11(18-4)12(19-5)8-10(9)15/h7-8H,6,15H2,1-5H3,(H,16,17). The topological polar surface area (TPSA) is 73.6 Å². The van der Waals surface area contributed by atoms with Crippen molar-refractivity contribution >= 4 is 11.6 Å². The molecule has 0 radical (unpaired) electrons. The predicted molar refractivity (Wildman–Crippen MR) is 75.8 cm³/mol. The summed E-state index contributed by atoms with van der Waals surface area (Å²) in [6, 6.07) is 3.18. The Kier molecular flexibility index (Phi) is 4.64. The molecular formula is C14H22N2O3. The molecule has 0 aliphatic heterocycles. The second-order valence-corrected chi connectivity index (χ2v) is 4.99. The van der Waals surface area contributed by atoms with Crippen molar-refractivity contribution in [3.05, 3.63) is 17.7 Å². The molecule has 0 saturated carbocycles. The number of hydrogen-bond acceptors (Lipinski definition) is 4. The van der Waals surface area contributed by atoms with Crippen molar-refractivity contribution in [2.24, 2.45) is 0 Å². The largest absolute Gasteiger partial charge is 0.493 e. The highest BCUT2D eigenvalue weighted by Gasteiger charge is 2.21. The molecule has 3 N–H and O–H groups in total. The van der Waals surface area contributed by atoms with Crippen molar-refractivity contribution in [1.29, 1.82) is 0 Å². The molecule has 0 unspecified atom stereocenters. The van der Waals surface area contributed by atoms with Crippen LogP contribution in [0, 0.1) is 0 Å². The monoisotopic (exact) mass is 266 g/mol. The molecule has 0 bridgehead atoms. The van der Waals surface area contributed by atoms with Gasteiger partial charge in [-0.15, -0.1) is 0 Å². The van der Waals surface area contributed by atoms with Crippen molar-refractivity contribution in [1.82, 2.24) is 5.32 Å². The third-order valence-corrected chi connectivity index (χ3v) is 3.14. The molecule has 1 amide bonds. The number of nitrogens with one attached hydrogen (secondary N) is 1. The van der Waals surface area contributed by atoms with Gasteiger partial charge in [-0.3, -0.25) is 4.79 Å². The van der Waals surface area contributed by atoms with Crippen LogP contribution in [-0.2, 0) is 0 Å².